The van der Waals surface area contributed by atoms with Crippen molar-refractivity contribution >= 4 is 5.91 Å². The lowest BCUT2D eigenvalue weighted by Gasteiger charge is -2.40. The summed E-state index contributed by atoms with van der Waals surface area (Å²) >= 11 is 0. The SMILES string of the molecule is CC(=O)N1CCC[C@H](N)[C@@H]1COC1CCC(c2ccccc2)CC1. The summed E-state index contributed by atoms with van der Waals surface area (Å²) in [4.78, 5) is 13.7. The second-order valence-corrected chi connectivity index (χ2v) is 7.30. The summed E-state index contributed by atoms with van der Waals surface area (Å²) in [5, 5.41) is 0. The number of carbonyl (C=O) groups excluding carboxylic acids is 1. The normalized spacial score (nSPS) is 31.0. The van der Waals surface area contributed by atoms with E-state index in [-0.39, 0.29) is 18.0 Å². The van der Waals surface area contributed by atoms with E-state index in [1.165, 1.54) is 18.4 Å². The maximum absolute atomic E-state index is 11.8. The Morgan fingerprint density at radius 3 is 2.54 bits per heavy atom. The number of piperidine rings is 1. The standard InChI is InChI=1S/C20H30N2O2/c1-15(23)22-13-5-8-19(21)20(22)14-24-18-11-9-17(10-12-18)16-6-3-2-4-7-16/h2-4,6-7,17-20H,5,8-14,21H2,1H3/t17?,18?,19-,20-/m0/s1. The van der Waals surface area contributed by atoms with Crippen molar-refractivity contribution in [2.45, 2.75) is 69.6 Å². The minimum atomic E-state index is 0.0445. The van der Waals surface area contributed by atoms with Gasteiger partial charge in [0.1, 0.15) is 0 Å². The summed E-state index contributed by atoms with van der Waals surface area (Å²) in [6.45, 7) is 3.04. The van der Waals surface area contributed by atoms with Gasteiger partial charge in [0.15, 0.2) is 0 Å². The average molecular weight is 330 g/mol. The number of amides is 1. The molecule has 0 radical (unpaired) electrons. The van der Waals surface area contributed by atoms with E-state index in [1.54, 1.807) is 6.92 Å². The second kappa shape index (κ2) is 8.13. The van der Waals surface area contributed by atoms with Crippen LogP contribution in [-0.4, -0.2) is 42.1 Å². The molecule has 2 N–H and O–H groups in total. The summed E-state index contributed by atoms with van der Waals surface area (Å²) in [7, 11) is 0. The van der Waals surface area contributed by atoms with Crippen LogP contribution in [0.2, 0.25) is 0 Å². The summed E-state index contributed by atoms with van der Waals surface area (Å²) in [6, 6.07) is 10.9. The Morgan fingerprint density at radius 1 is 1.17 bits per heavy atom. The lowest BCUT2D eigenvalue weighted by Crippen LogP contribution is -2.56. The number of nitrogens with zero attached hydrogens (tertiary/aromatic N) is 1. The molecule has 0 aromatic heterocycles. The molecular weight excluding hydrogens is 300 g/mol. The summed E-state index contributed by atoms with van der Waals surface area (Å²) in [5.74, 6) is 0.781. The van der Waals surface area contributed by atoms with Gasteiger partial charge in [-0.3, -0.25) is 4.79 Å². The van der Waals surface area contributed by atoms with Crippen molar-refractivity contribution in [3.63, 3.8) is 0 Å². The van der Waals surface area contributed by atoms with Crippen LogP contribution in [0.15, 0.2) is 30.3 Å². The Kier molecular flexibility index (Phi) is 5.90. The van der Waals surface area contributed by atoms with Crippen molar-refractivity contribution < 1.29 is 9.53 Å². The zero-order valence-electron chi connectivity index (χ0n) is 14.7. The highest BCUT2D eigenvalue weighted by Gasteiger charge is 2.32. The first-order chi connectivity index (χ1) is 11.6. The Balaban J connectivity index is 1.48. The molecule has 0 spiro atoms. The number of ether oxygens (including phenoxy) is 1. The third kappa shape index (κ3) is 4.17. The number of hydrogen-bond acceptors (Lipinski definition) is 3. The number of likely N-dealkylation sites (tertiary alicyclic amines) is 1. The molecule has 132 valence electrons. The van der Waals surface area contributed by atoms with Crippen molar-refractivity contribution in [3.05, 3.63) is 35.9 Å². The van der Waals surface area contributed by atoms with Gasteiger partial charge in [-0.25, -0.2) is 0 Å². The minimum absolute atomic E-state index is 0.0445. The van der Waals surface area contributed by atoms with E-state index in [4.69, 9.17) is 10.5 Å². The van der Waals surface area contributed by atoms with Crippen LogP contribution in [0.1, 0.15) is 56.9 Å². The molecule has 1 saturated heterocycles. The van der Waals surface area contributed by atoms with Crippen LogP contribution in [0.3, 0.4) is 0 Å². The molecule has 1 aromatic rings. The number of hydrogen-bond donors (Lipinski definition) is 1. The van der Waals surface area contributed by atoms with Gasteiger partial charge in [0.2, 0.25) is 5.91 Å². The van der Waals surface area contributed by atoms with E-state index in [2.05, 4.69) is 30.3 Å². The third-order valence-corrected chi connectivity index (χ3v) is 5.68. The van der Waals surface area contributed by atoms with Gasteiger partial charge in [-0.2, -0.15) is 0 Å². The van der Waals surface area contributed by atoms with E-state index in [1.807, 2.05) is 4.90 Å². The monoisotopic (exact) mass is 330 g/mol. The summed E-state index contributed by atoms with van der Waals surface area (Å²) in [6.07, 6.45) is 6.86. The fourth-order valence-corrected chi connectivity index (χ4v) is 4.21. The summed E-state index contributed by atoms with van der Waals surface area (Å²) < 4.78 is 6.18. The lowest BCUT2D eigenvalue weighted by molar-refractivity contribution is -0.135. The zero-order valence-corrected chi connectivity index (χ0v) is 14.7. The van der Waals surface area contributed by atoms with Gasteiger partial charge >= 0.3 is 0 Å². The van der Waals surface area contributed by atoms with Crippen molar-refractivity contribution in [2.75, 3.05) is 13.2 Å². The number of carbonyl (C=O) groups is 1. The topological polar surface area (TPSA) is 55.6 Å². The first-order valence-electron chi connectivity index (χ1n) is 9.34. The molecule has 1 saturated carbocycles. The van der Waals surface area contributed by atoms with E-state index in [9.17, 15) is 4.79 Å². The zero-order chi connectivity index (χ0) is 16.9. The Morgan fingerprint density at radius 2 is 1.88 bits per heavy atom. The van der Waals surface area contributed by atoms with Crippen molar-refractivity contribution in [3.8, 4) is 0 Å². The van der Waals surface area contributed by atoms with E-state index in [0.717, 1.165) is 32.2 Å². The van der Waals surface area contributed by atoms with Crippen LogP contribution in [0.25, 0.3) is 0 Å². The van der Waals surface area contributed by atoms with Crippen LogP contribution < -0.4 is 5.73 Å². The second-order valence-electron chi connectivity index (χ2n) is 7.30. The largest absolute Gasteiger partial charge is 0.376 e. The van der Waals surface area contributed by atoms with E-state index in [0.29, 0.717) is 18.6 Å². The predicted molar refractivity (Wildman–Crippen MR) is 95.8 cm³/mol. The number of benzene rings is 1. The van der Waals surface area contributed by atoms with Gasteiger partial charge in [-0.05, 0) is 50.0 Å². The molecule has 0 unspecified atom stereocenters. The minimum Gasteiger partial charge on any atom is -0.376 e. The van der Waals surface area contributed by atoms with Crippen LogP contribution in [-0.2, 0) is 9.53 Å². The molecule has 2 aliphatic rings. The molecule has 0 bridgehead atoms. The van der Waals surface area contributed by atoms with Gasteiger partial charge in [-0.15, -0.1) is 0 Å². The molecule has 2 fully saturated rings. The van der Waals surface area contributed by atoms with Crippen LogP contribution >= 0.6 is 0 Å². The maximum Gasteiger partial charge on any atom is 0.219 e. The highest BCUT2D eigenvalue weighted by atomic mass is 16.5. The molecular formula is C20H30N2O2. The average Bonchev–Trinajstić information content (AvgIpc) is 2.61. The molecule has 2 atom stereocenters. The Hall–Kier alpha value is -1.39. The molecule has 1 aliphatic carbocycles. The van der Waals surface area contributed by atoms with E-state index >= 15 is 0 Å². The third-order valence-electron chi connectivity index (χ3n) is 5.68. The molecule has 1 aliphatic heterocycles. The molecule has 4 heteroatoms. The van der Waals surface area contributed by atoms with Crippen LogP contribution in [0.4, 0.5) is 0 Å². The summed E-state index contributed by atoms with van der Waals surface area (Å²) in [5.41, 5.74) is 7.70. The van der Waals surface area contributed by atoms with Gasteiger partial charge < -0.3 is 15.4 Å². The fraction of sp³-hybridized carbons (Fsp3) is 0.650. The molecule has 1 amide bonds. The van der Waals surface area contributed by atoms with Crippen LogP contribution in [0, 0.1) is 0 Å². The first kappa shape index (κ1) is 17.4. The van der Waals surface area contributed by atoms with Gasteiger partial charge in [-0.1, -0.05) is 30.3 Å². The first-order valence-corrected chi connectivity index (χ1v) is 9.34. The Labute approximate surface area is 145 Å². The molecule has 1 aromatic carbocycles. The fourth-order valence-electron chi connectivity index (χ4n) is 4.21. The molecule has 1 heterocycles. The van der Waals surface area contributed by atoms with E-state index < -0.39 is 0 Å². The highest BCUT2D eigenvalue weighted by molar-refractivity contribution is 5.73. The number of nitrogens with two attached hydrogens (primary N) is 1. The number of rotatable bonds is 4. The highest BCUT2D eigenvalue weighted by Crippen LogP contribution is 2.34. The van der Waals surface area contributed by atoms with Crippen molar-refractivity contribution in [1.29, 1.82) is 0 Å². The van der Waals surface area contributed by atoms with Gasteiger partial charge in [0, 0.05) is 19.5 Å². The van der Waals surface area contributed by atoms with Crippen molar-refractivity contribution in [1.82, 2.24) is 4.90 Å². The van der Waals surface area contributed by atoms with Gasteiger partial charge in [0.05, 0.1) is 18.8 Å². The lowest BCUT2D eigenvalue weighted by atomic mass is 9.83. The smallest absolute Gasteiger partial charge is 0.219 e. The molecule has 4 nitrogen and oxygen atoms in total. The maximum atomic E-state index is 11.8. The molecule has 3 rings (SSSR count). The predicted octanol–water partition coefficient (Wildman–Crippen LogP) is 3.07. The van der Waals surface area contributed by atoms with Gasteiger partial charge in [0.25, 0.3) is 0 Å². The van der Waals surface area contributed by atoms with Crippen LogP contribution in [0.5, 0.6) is 0 Å². The Bertz CT molecular complexity index is 526. The van der Waals surface area contributed by atoms with Crippen molar-refractivity contribution in [2.24, 2.45) is 5.73 Å². The quantitative estimate of drug-likeness (QED) is 0.923. The molecule has 24 heavy (non-hydrogen) atoms.